The van der Waals surface area contributed by atoms with Gasteiger partial charge in [-0.3, -0.25) is 4.68 Å². The van der Waals surface area contributed by atoms with Gasteiger partial charge in [-0.25, -0.2) is 4.98 Å². The van der Waals surface area contributed by atoms with Gasteiger partial charge < -0.3 is 10.6 Å². The van der Waals surface area contributed by atoms with Crippen molar-refractivity contribution in [2.45, 2.75) is 38.1 Å². The Morgan fingerprint density at radius 1 is 0.970 bits per heavy atom. The largest absolute Gasteiger partial charge is 0.383 e. The van der Waals surface area contributed by atoms with Crippen molar-refractivity contribution in [2.75, 3.05) is 10.6 Å². The molecule has 5 nitrogen and oxygen atoms in total. The summed E-state index contributed by atoms with van der Waals surface area (Å²) < 4.78 is 2.20. The van der Waals surface area contributed by atoms with Crippen molar-refractivity contribution in [3.63, 3.8) is 0 Å². The van der Waals surface area contributed by atoms with Crippen LogP contribution in [-0.2, 0) is 0 Å². The van der Waals surface area contributed by atoms with Crippen LogP contribution in [0, 0.1) is 0 Å². The standard InChI is InChI=1S/C28H27N5/c1-19-24-18-21(13-12-20(24)15-17-32(19)22-8-4-2-5-9-22)27-26-25(14-16-30-28(26)29)33(31-27)23-10-6-3-7-11-23/h2,4-5,8-9,12-18,23H,1,3,6-7,10-11H2,(H2,29,30). The molecule has 0 atom stereocenters. The topological polar surface area (TPSA) is 60.0 Å². The van der Waals surface area contributed by atoms with Crippen molar-refractivity contribution in [1.29, 1.82) is 0 Å². The van der Waals surface area contributed by atoms with Gasteiger partial charge in [0, 0.05) is 34.9 Å². The van der Waals surface area contributed by atoms with E-state index in [1.54, 1.807) is 6.20 Å². The van der Waals surface area contributed by atoms with E-state index in [9.17, 15) is 0 Å². The van der Waals surface area contributed by atoms with Gasteiger partial charge in [-0.15, -0.1) is 0 Å². The maximum Gasteiger partial charge on any atom is 0.135 e. The number of rotatable bonds is 3. The molecule has 6 rings (SSSR count). The van der Waals surface area contributed by atoms with Crippen LogP contribution in [-0.4, -0.2) is 14.8 Å². The molecule has 164 valence electrons. The highest BCUT2D eigenvalue weighted by molar-refractivity contribution is 6.01. The summed E-state index contributed by atoms with van der Waals surface area (Å²) in [5.74, 6) is 0.534. The van der Waals surface area contributed by atoms with Crippen LogP contribution in [0.4, 0.5) is 11.5 Å². The Hall–Kier alpha value is -3.86. The van der Waals surface area contributed by atoms with Gasteiger partial charge in [0.05, 0.1) is 16.9 Å². The Morgan fingerprint density at radius 2 is 1.79 bits per heavy atom. The summed E-state index contributed by atoms with van der Waals surface area (Å²) in [5, 5.41) is 6.07. The van der Waals surface area contributed by atoms with Crippen molar-refractivity contribution in [3.05, 3.63) is 84.7 Å². The van der Waals surface area contributed by atoms with Crippen molar-refractivity contribution in [1.82, 2.24) is 14.8 Å². The first-order valence-corrected chi connectivity index (χ1v) is 11.7. The number of pyridine rings is 1. The molecule has 3 heterocycles. The van der Waals surface area contributed by atoms with E-state index in [0.717, 1.165) is 57.5 Å². The lowest BCUT2D eigenvalue weighted by atomic mass is 9.95. The van der Waals surface area contributed by atoms with E-state index in [-0.39, 0.29) is 0 Å². The fourth-order valence-electron chi connectivity index (χ4n) is 5.22. The van der Waals surface area contributed by atoms with Gasteiger partial charge in [-0.2, -0.15) is 5.10 Å². The molecule has 4 aromatic rings. The summed E-state index contributed by atoms with van der Waals surface area (Å²) in [7, 11) is 0. The number of nitrogens with zero attached hydrogens (tertiary/aromatic N) is 4. The molecule has 0 saturated heterocycles. The van der Waals surface area contributed by atoms with Crippen molar-refractivity contribution >= 4 is 34.2 Å². The van der Waals surface area contributed by atoms with E-state index in [4.69, 9.17) is 10.8 Å². The normalized spacial score (nSPS) is 16.4. The predicted molar refractivity (Wildman–Crippen MR) is 136 cm³/mol. The fraction of sp³-hybridized carbons (Fsp3) is 0.214. The highest BCUT2D eigenvalue weighted by Crippen LogP contribution is 2.39. The van der Waals surface area contributed by atoms with E-state index in [1.165, 1.54) is 19.3 Å². The molecule has 0 radical (unpaired) electrons. The number of benzene rings is 2. The summed E-state index contributed by atoms with van der Waals surface area (Å²) in [6, 6.07) is 19.2. The minimum absolute atomic E-state index is 0.417. The Kier molecular flexibility index (Phi) is 4.75. The number of hydrogen-bond donors (Lipinski definition) is 1. The van der Waals surface area contributed by atoms with Crippen LogP contribution in [0.25, 0.3) is 33.9 Å². The highest BCUT2D eigenvalue weighted by Gasteiger charge is 2.24. The van der Waals surface area contributed by atoms with Crippen LogP contribution in [0.2, 0.25) is 0 Å². The third-order valence-corrected chi connectivity index (χ3v) is 6.94. The zero-order valence-corrected chi connectivity index (χ0v) is 18.6. The predicted octanol–water partition coefficient (Wildman–Crippen LogP) is 6.65. The number of fused-ring (bicyclic) bond motifs is 2. The van der Waals surface area contributed by atoms with Gasteiger partial charge in [-0.1, -0.05) is 56.2 Å². The van der Waals surface area contributed by atoms with Gasteiger partial charge in [-0.05, 0) is 48.7 Å². The van der Waals surface area contributed by atoms with Crippen molar-refractivity contribution < 1.29 is 0 Å². The molecule has 0 amide bonds. The minimum atomic E-state index is 0.417. The van der Waals surface area contributed by atoms with Gasteiger partial charge in [0.25, 0.3) is 0 Å². The molecule has 2 N–H and O–H groups in total. The minimum Gasteiger partial charge on any atom is -0.383 e. The van der Waals surface area contributed by atoms with E-state index >= 15 is 0 Å². The first-order chi connectivity index (χ1) is 16.2. The van der Waals surface area contributed by atoms with Gasteiger partial charge >= 0.3 is 0 Å². The number of hydrogen-bond acceptors (Lipinski definition) is 4. The maximum absolute atomic E-state index is 6.40. The van der Waals surface area contributed by atoms with Crippen LogP contribution >= 0.6 is 0 Å². The van der Waals surface area contributed by atoms with Crippen LogP contribution in [0.15, 0.2) is 73.6 Å². The quantitative estimate of drug-likeness (QED) is 0.393. The molecule has 0 spiro atoms. The summed E-state index contributed by atoms with van der Waals surface area (Å²) in [6.07, 6.45) is 12.1. The monoisotopic (exact) mass is 433 g/mol. The first-order valence-electron chi connectivity index (χ1n) is 11.7. The molecule has 2 aromatic carbocycles. The van der Waals surface area contributed by atoms with E-state index in [0.29, 0.717) is 11.9 Å². The molecule has 0 bridgehead atoms. The summed E-state index contributed by atoms with van der Waals surface area (Å²) >= 11 is 0. The van der Waals surface area contributed by atoms with Crippen LogP contribution < -0.4 is 10.6 Å². The molecule has 0 unspecified atom stereocenters. The van der Waals surface area contributed by atoms with Gasteiger partial charge in [0.2, 0.25) is 0 Å². The summed E-state index contributed by atoms with van der Waals surface area (Å²) in [6.45, 7) is 4.42. The number of nitrogens with two attached hydrogens (primary N) is 1. The molecular weight excluding hydrogens is 406 g/mol. The molecule has 1 fully saturated rings. The Labute approximate surface area is 193 Å². The lowest BCUT2D eigenvalue weighted by Crippen LogP contribution is -2.17. The number of aromatic nitrogens is 3. The van der Waals surface area contributed by atoms with Gasteiger partial charge in [0.15, 0.2) is 0 Å². The first kappa shape index (κ1) is 19.8. The fourth-order valence-corrected chi connectivity index (χ4v) is 5.22. The third-order valence-electron chi connectivity index (χ3n) is 6.94. The van der Waals surface area contributed by atoms with Gasteiger partial charge in [0.1, 0.15) is 11.5 Å². The Bertz CT molecular complexity index is 1380. The van der Waals surface area contributed by atoms with E-state index in [1.807, 2.05) is 24.3 Å². The highest BCUT2D eigenvalue weighted by atomic mass is 15.3. The average Bonchev–Trinajstić information content (AvgIpc) is 3.26. The van der Waals surface area contributed by atoms with Crippen LogP contribution in [0.5, 0.6) is 0 Å². The molecule has 2 aromatic heterocycles. The zero-order valence-electron chi connectivity index (χ0n) is 18.6. The second-order valence-corrected chi connectivity index (χ2v) is 8.95. The molecule has 1 aliphatic carbocycles. The third kappa shape index (κ3) is 3.32. The average molecular weight is 434 g/mol. The summed E-state index contributed by atoms with van der Waals surface area (Å²) in [4.78, 5) is 6.52. The maximum atomic E-state index is 6.40. The lowest BCUT2D eigenvalue weighted by Gasteiger charge is -2.28. The number of para-hydroxylation sites is 1. The van der Waals surface area contributed by atoms with E-state index in [2.05, 4.69) is 63.8 Å². The van der Waals surface area contributed by atoms with E-state index < -0.39 is 0 Å². The molecule has 33 heavy (non-hydrogen) atoms. The SMILES string of the molecule is C=C1c2cc(-c3nn(C4CCCCC4)c4ccnc(N)c34)ccc2C=CN1c1ccccc1. The van der Waals surface area contributed by atoms with Crippen LogP contribution in [0.1, 0.15) is 49.3 Å². The molecule has 5 heteroatoms. The second kappa shape index (κ2) is 7.93. The van der Waals surface area contributed by atoms with Crippen LogP contribution in [0.3, 0.4) is 0 Å². The molecule has 1 aliphatic heterocycles. The van der Waals surface area contributed by atoms with Crippen molar-refractivity contribution in [2.24, 2.45) is 0 Å². The summed E-state index contributed by atoms with van der Waals surface area (Å²) in [5.41, 5.74) is 13.7. The molecule has 2 aliphatic rings. The van der Waals surface area contributed by atoms with Crippen molar-refractivity contribution in [3.8, 4) is 11.3 Å². The lowest BCUT2D eigenvalue weighted by molar-refractivity contribution is 0.337. The number of nitrogen functional groups attached to an aromatic ring is 1. The Morgan fingerprint density at radius 3 is 2.61 bits per heavy atom. The molecule has 1 saturated carbocycles. The molecular formula is C28H27N5. The smallest absolute Gasteiger partial charge is 0.135 e. The Balaban J connectivity index is 1.47. The zero-order chi connectivity index (χ0) is 22.4. The second-order valence-electron chi connectivity index (χ2n) is 8.95. The number of anilines is 2.